The van der Waals surface area contributed by atoms with Crippen molar-refractivity contribution in [3.8, 4) is 0 Å². The SMILES string of the molecule is CN(C)c1nc(NC2CCC(NC(=O)CC3CCCCC3)CC2)nc2ccccc12.O=Cc1ccccc1. The highest BCUT2D eigenvalue weighted by atomic mass is 16.1. The summed E-state index contributed by atoms with van der Waals surface area (Å²) in [4.78, 5) is 34.0. The van der Waals surface area contributed by atoms with E-state index in [0.717, 1.165) is 60.7 Å². The number of hydrogen-bond acceptors (Lipinski definition) is 6. The first-order valence-electron chi connectivity index (χ1n) is 14.0. The number of aromatic nitrogens is 2. The Kier molecular flexibility index (Phi) is 10.1. The fourth-order valence-electron chi connectivity index (χ4n) is 5.50. The summed E-state index contributed by atoms with van der Waals surface area (Å²) in [5.74, 6) is 2.49. The third-order valence-electron chi connectivity index (χ3n) is 7.57. The summed E-state index contributed by atoms with van der Waals surface area (Å²) < 4.78 is 0. The molecule has 0 aliphatic heterocycles. The molecule has 38 heavy (non-hydrogen) atoms. The van der Waals surface area contributed by atoms with Crippen molar-refractivity contribution in [1.82, 2.24) is 15.3 Å². The lowest BCUT2D eigenvalue weighted by molar-refractivity contribution is -0.123. The first-order valence-corrected chi connectivity index (χ1v) is 14.0. The van der Waals surface area contributed by atoms with Crippen LogP contribution < -0.4 is 15.5 Å². The summed E-state index contributed by atoms with van der Waals surface area (Å²) in [5.41, 5.74) is 1.69. The van der Waals surface area contributed by atoms with E-state index in [1.54, 1.807) is 12.1 Å². The molecule has 1 amide bonds. The summed E-state index contributed by atoms with van der Waals surface area (Å²) in [6, 6.07) is 17.9. The van der Waals surface area contributed by atoms with E-state index in [-0.39, 0.29) is 5.91 Å². The summed E-state index contributed by atoms with van der Waals surface area (Å²) in [5, 5.41) is 7.91. The highest BCUT2D eigenvalue weighted by Gasteiger charge is 2.25. The van der Waals surface area contributed by atoms with Crippen LogP contribution in [0.2, 0.25) is 0 Å². The van der Waals surface area contributed by atoms with Crippen molar-refractivity contribution in [3.63, 3.8) is 0 Å². The molecule has 1 aromatic heterocycles. The van der Waals surface area contributed by atoms with Gasteiger partial charge in [0.25, 0.3) is 0 Å². The molecule has 0 spiro atoms. The molecular weight excluding hydrogens is 474 g/mol. The van der Waals surface area contributed by atoms with E-state index in [1.807, 2.05) is 55.4 Å². The summed E-state index contributed by atoms with van der Waals surface area (Å²) in [7, 11) is 4.03. The predicted molar refractivity (Wildman–Crippen MR) is 155 cm³/mol. The number of carbonyl (C=O) groups is 2. The number of amides is 1. The maximum absolute atomic E-state index is 12.4. The zero-order chi connectivity index (χ0) is 26.7. The third kappa shape index (κ3) is 8.01. The lowest BCUT2D eigenvalue weighted by Gasteiger charge is -2.30. The van der Waals surface area contributed by atoms with Gasteiger partial charge in [-0.15, -0.1) is 0 Å². The minimum atomic E-state index is 0.256. The molecule has 2 fully saturated rings. The number of fused-ring (bicyclic) bond motifs is 1. The Hall–Kier alpha value is -3.48. The number of nitrogens with one attached hydrogen (secondary N) is 2. The largest absolute Gasteiger partial charge is 0.362 e. The van der Waals surface area contributed by atoms with Gasteiger partial charge in [-0.05, 0) is 56.6 Å². The van der Waals surface area contributed by atoms with E-state index in [0.29, 0.717) is 23.9 Å². The standard InChI is InChI=1S/C24H35N5O.C7H6O/c1-29(2)23-20-10-6-7-11-21(20)27-24(28-23)26-19-14-12-18(13-15-19)25-22(30)16-17-8-4-3-5-9-17;8-6-7-4-2-1-3-5-7/h6-7,10-11,17-19H,3-5,8-9,12-16H2,1-2H3,(H,25,30)(H,26,27,28);1-6H. The molecule has 0 unspecified atom stereocenters. The number of nitrogens with zero attached hydrogens (tertiary/aromatic N) is 3. The quantitative estimate of drug-likeness (QED) is 0.375. The molecule has 0 bridgehead atoms. The summed E-state index contributed by atoms with van der Waals surface area (Å²) in [6.07, 6.45) is 12.0. The Morgan fingerprint density at radius 2 is 1.53 bits per heavy atom. The number of anilines is 2. The molecule has 5 rings (SSSR count). The molecular formula is C31H41N5O2. The van der Waals surface area contributed by atoms with Crippen LogP contribution in [0.1, 0.15) is 74.6 Å². The molecule has 2 aliphatic rings. The lowest BCUT2D eigenvalue weighted by atomic mass is 9.86. The molecule has 202 valence electrons. The topological polar surface area (TPSA) is 87.2 Å². The van der Waals surface area contributed by atoms with E-state index in [2.05, 4.69) is 16.7 Å². The number of hydrogen-bond donors (Lipinski definition) is 2. The molecule has 0 saturated heterocycles. The minimum absolute atomic E-state index is 0.256. The number of para-hydroxylation sites is 1. The van der Waals surface area contributed by atoms with E-state index in [9.17, 15) is 9.59 Å². The molecule has 1 heterocycles. The van der Waals surface area contributed by atoms with Crippen molar-refractivity contribution in [2.45, 2.75) is 76.3 Å². The molecule has 7 nitrogen and oxygen atoms in total. The minimum Gasteiger partial charge on any atom is -0.362 e. The maximum atomic E-state index is 12.4. The van der Waals surface area contributed by atoms with Crippen LogP contribution in [0, 0.1) is 5.92 Å². The third-order valence-corrected chi connectivity index (χ3v) is 7.57. The van der Waals surface area contributed by atoms with Crippen molar-refractivity contribution >= 4 is 34.9 Å². The summed E-state index contributed by atoms with van der Waals surface area (Å²) in [6.45, 7) is 0. The van der Waals surface area contributed by atoms with Crippen molar-refractivity contribution in [3.05, 3.63) is 60.2 Å². The van der Waals surface area contributed by atoms with Gasteiger partial charge in [0, 0.05) is 43.5 Å². The van der Waals surface area contributed by atoms with Gasteiger partial charge in [-0.25, -0.2) is 4.98 Å². The van der Waals surface area contributed by atoms with Crippen molar-refractivity contribution in [1.29, 1.82) is 0 Å². The Morgan fingerprint density at radius 1 is 0.868 bits per heavy atom. The normalized spacial score (nSPS) is 19.6. The zero-order valence-electron chi connectivity index (χ0n) is 22.7. The maximum Gasteiger partial charge on any atom is 0.225 e. The van der Waals surface area contributed by atoms with Crippen molar-refractivity contribution in [2.75, 3.05) is 24.3 Å². The van der Waals surface area contributed by atoms with Gasteiger partial charge in [-0.2, -0.15) is 4.98 Å². The van der Waals surface area contributed by atoms with Gasteiger partial charge in [0.2, 0.25) is 11.9 Å². The second kappa shape index (κ2) is 13.9. The van der Waals surface area contributed by atoms with E-state index in [4.69, 9.17) is 9.97 Å². The van der Waals surface area contributed by atoms with Crippen LogP contribution in [0.25, 0.3) is 10.9 Å². The first-order chi connectivity index (χ1) is 18.5. The molecule has 0 atom stereocenters. The average Bonchev–Trinajstić information content (AvgIpc) is 2.95. The van der Waals surface area contributed by atoms with Gasteiger partial charge >= 0.3 is 0 Å². The Balaban J connectivity index is 0.000000360. The molecule has 3 aromatic rings. The van der Waals surface area contributed by atoms with Crippen LogP contribution in [0.15, 0.2) is 54.6 Å². The highest BCUT2D eigenvalue weighted by Crippen LogP contribution is 2.28. The van der Waals surface area contributed by atoms with Gasteiger partial charge in [0.05, 0.1) is 5.52 Å². The van der Waals surface area contributed by atoms with E-state index < -0.39 is 0 Å². The molecule has 7 heteroatoms. The fraction of sp³-hybridized carbons (Fsp3) is 0.484. The summed E-state index contributed by atoms with van der Waals surface area (Å²) >= 11 is 0. The molecule has 2 saturated carbocycles. The lowest BCUT2D eigenvalue weighted by Crippen LogP contribution is -2.41. The Morgan fingerprint density at radius 3 is 2.18 bits per heavy atom. The van der Waals surface area contributed by atoms with Crippen molar-refractivity contribution in [2.24, 2.45) is 5.92 Å². The average molecular weight is 516 g/mol. The molecule has 2 aliphatic carbocycles. The van der Waals surface area contributed by atoms with Gasteiger partial charge in [-0.3, -0.25) is 9.59 Å². The van der Waals surface area contributed by atoms with Gasteiger partial charge in [0.15, 0.2) is 0 Å². The van der Waals surface area contributed by atoms with Crippen LogP contribution in [-0.2, 0) is 4.79 Å². The highest BCUT2D eigenvalue weighted by molar-refractivity contribution is 5.90. The number of aldehydes is 1. The van der Waals surface area contributed by atoms with Crippen LogP contribution in [0.4, 0.5) is 11.8 Å². The van der Waals surface area contributed by atoms with Crippen LogP contribution in [0.3, 0.4) is 0 Å². The predicted octanol–water partition coefficient (Wildman–Crippen LogP) is 6.00. The van der Waals surface area contributed by atoms with Crippen LogP contribution >= 0.6 is 0 Å². The van der Waals surface area contributed by atoms with Gasteiger partial charge in [0.1, 0.15) is 12.1 Å². The number of carbonyl (C=O) groups excluding carboxylic acids is 2. The first kappa shape index (κ1) is 27.6. The molecule has 0 radical (unpaired) electrons. The second-order valence-electron chi connectivity index (χ2n) is 10.8. The smallest absolute Gasteiger partial charge is 0.225 e. The van der Waals surface area contributed by atoms with Crippen LogP contribution in [-0.4, -0.2) is 48.3 Å². The van der Waals surface area contributed by atoms with Gasteiger partial charge < -0.3 is 15.5 Å². The monoisotopic (exact) mass is 515 g/mol. The number of benzene rings is 2. The van der Waals surface area contributed by atoms with E-state index >= 15 is 0 Å². The molecule has 2 aromatic carbocycles. The van der Waals surface area contributed by atoms with E-state index in [1.165, 1.54) is 32.1 Å². The zero-order valence-corrected chi connectivity index (χ0v) is 22.7. The number of rotatable bonds is 7. The Bertz CT molecular complexity index is 1170. The fourth-order valence-corrected chi connectivity index (χ4v) is 5.50. The second-order valence-corrected chi connectivity index (χ2v) is 10.8. The van der Waals surface area contributed by atoms with Crippen LogP contribution in [0.5, 0.6) is 0 Å². The van der Waals surface area contributed by atoms with Crippen molar-refractivity contribution < 1.29 is 9.59 Å². The molecule has 2 N–H and O–H groups in total. The van der Waals surface area contributed by atoms with Gasteiger partial charge in [-0.1, -0.05) is 61.7 Å². The Labute approximate surface area is 226 Å².